The van der Waals surface area contributed by atoms with Crippen molar-refractivity contribution < 1.29 is 14.4 Å². The third-order valence-electron chi connectivity index (χ3n) is 4.23. The van der Waals surface area contributed by atoms with Crippen molar-refractivity contribution in [2.75, 3.05) is 18.4 Å². The van der Waals surface area contributed by atoms with Crippen LogP contribution in [0.15, 0.2) is 54.6 Å². The lowest BCUT2D eigenvalue weighted by atomic mass is 10.1. The quantitative estimate of drug-likeness (QED) is 0.790. The van der Waals surface area contributed by atoms with Crippen LogP contribution in [0.1, 0.15) is 41.5 Å². The molecule has 0 aliphatic heterocycles. The van der Waals surface area contributed by atoms with E-state index in [1.165, 1.54) is 0 Å². The van der Waals surface area contributed by atoms with Gasteiger partial charge in [0.15, 0.2) is 0 Å². The van der Waals surface area contributed by atoms with Gasteiger partial charge in [-0.1, -0.05) is 18.2 Å². The smallest absolute Gasteiger partial charge is 0.253 e. The molecule has 2 aromatic rings. The van der Waals surface area contributed by atoms with Gasteiger partial charge < -0.3 is 15.5 Å². The Morgan fingerprint density at radius 3 is 2.04 bits per heavy atom. The van der Waals surface area contributed by atoms with Gasteiger partial charge in [0, 0.05) is 29.9 Å². The molecule has 6 heteroatoms. The lowest BCUT2D eigenvalue weighted by Gasteiger charge is -2.19. The molecular formula is C21H25N3O3. The Kier molecular flexibility index (Phi) is 7.11. The molecule has 0 heterocycles. The fraction of sp³-hybridized carbons (Fsp3) is 0.286. The van der Waals surface area contributed by atoms with Crippen molar-refractivity contribution in [2.24, 2.45) is 0 Å². The van der Waals surface area contributed by atoms with Crippen LogP contribution in [-0.2, 0) is 4.79 Å². The maximum absolute atomic E-state index is 12.3. The van der Waals surface area contributed by atoms with Gasteiger partial charge in [-0.25, -0.2) is 0 Å². The van der Waals surface area contributed by atoms with E-state index in [0.717, 1.165) is 0 Å². The summed E-state index contributed by atoms with van der Waals surface area (Å²) < 4.78 is 0. The largest absolute Gasteiger partial charge is 0.341 e. The van der Waals surface area contributed by atoms with Crippen molar-refractivity contribution in [3.63, 3.8) is 0 Å². The molecule has 0 spiro atoms. The summed E-state index contributed by atoms with van der Waals surface area (Å²) in [5.41, 5.74) is 1.63. The van der Waals surface area contributed by atoms with Crippen molar-refractivity contribution in [3.05, 3.63) is 65.7 Å². The average molecular weight is 367 g/mol. The monoisotopic (exact) mass is 367 g/mol. The summed E-state index contributed by atoms with van der Waals surface area (Å²) in [6, 6.07) is 14.8. The summed E-state index contributed by atoms with van der Waals surface area (Å²) in [6.45, 7) is 6.77. The van der Waals surface area contributed by atoms with E-state index in [1.54, 1.807) is 60.4 Å². The molecule has 0 aliphatic carbocycles. The first-order chi connectivity index (χ1) is 13.0. The van der Waals surface area contributed by atoms with Gasteiger partial charge in [-0.05, 0) is 57.2 Å². The van der Waals surface area contributed by atoms with Gasteiger partial charge in [0.05, 0.1) is 0 Å². The number of benzene rings is 2. The fourth-order valence-corrected chi connectivity index (χ4v) is 2.58. The van der Waals surface area contributed by atoms with E-state index in [-0.39, 0.29) is 17.7 Å². The first-order valence-electron chi connectivity index (χ1n) is 9.02. The number of anilines is 1. The summed E-state index contributed by atoms with van der Waals surface area (Å²) in [5, 5.41) is 5.41. The number of rotatable bonds is 7. The van der Waals surface area contributed by atoms with Gasteiger partial charge in [0.2, 0.25) is 5.91 Å². The van der Waals surface area contributed by atoms with Crippen LogP contribution in [0.4, 0.5) is 5.69 Å². The first kappa shape index (κ1) is 20.2. The Bertz CT molecular complexity index is 784. The predicted octanol–water partition coefficient (Wildman–Crippen LogP) is 2.93. The van der Waals surface area contributed by atoms with E-state index < -0.39 is 6.04 Å². The molecule has 0 aliphatic rings. The Balaban J connectivity index is 1.95. The van der Waals surface area contributed by atoms with Crippen molar-refractivity contribution in [3.8, 4) is 0 Å². The zero-order chi connectivity index (χ0) is 19.8. The van der Waals surface area contributed by atoms with E-state index in [9.17, 15) is 14.4 Å². The number of nitrogens with one attached hydrogen (secondary N) is 2. The van der Waals surface area contributed by atoms with E-state index >= 15 is 0 Å². The third-order valence-corrected chi connectivity index (χ3v) is 4.23. The van der Waals surface area contributed by atoms with Crippen molar-refractivity contribution in [2.45, 2.75) is 26.8 Å². The molecule has 142 valence electrons. The van der Waals surface area contributed by atoms with Gasteiger partial charge in [-0.2, -0.15) is 0 Å². The molecule has 27 heavy (non-hydrogen) atoms. The third kappa shape index (κ3) is 5.41. The number of amides is 3. The van der Waals surface area contributed by atoms with Gasteiger partial charge >= 0.3 is 0 Å². The minimum atomic E-state index is -0.699. The number of hydrogen-bond acceptors (Lipinski definition) is 3. The molecule has 2 N–H and O–H groups in total. The van der Waals surface area contributed by atoms with Gasteiger partial charge in [0.1, 0.15) is 6.04 Å². The Morgan fingerprint density at radius 1 is 0.889 bits per heavy atom. The Labute approximate surface area is 159 Å². The highest BCUT2D eigenvalue weighted by molar-refractivity contribution is 6.01. The van der Waals surface area contributed by atoms with Crippen LogP contribution in [0.5, 0.6) is 0 Å². The molecule has 3 amide bonds. The standard InChI is InChI=1S/C21H25N3O3/c1-4-24(5-2)21(27)17-11-13-18(14-12-17)23-19(25)15(3)22-20(26)16-9-7-6-8-10-16/h6-15H,4-5H2,1-3H3,(H,22,26)(H,23,25)/t15-/m0/s1. The molecule has 2 aromatic carbocycles. The molecule has 0 saturated heterocycles. The fourth-order valence-electron chi connectivity index (χ4n) is 2.58. The number of hydrogen-bond donors (Lipinski definition) is 2. The van der Waals surface area contributed by atoms with Crippen molar-refractivity contribution in [1.82, 2.24) is 10.2 Å². The highest BCUT2D eigenvalue weighted by Crippen LogP contribution is 2.12. The van der Waals surface area contributed by atoms with E-state index in [0.29, 0.717) is 29.9 Å². The first-order valence-corrected chi connectivity index (χ1v) is 9.02. The average Bonchev–Trinajstić information content (AvgIpc) is 2.70. The molecule has 0 saturated carbocycles. The second-order valence-corrected chi connectivity index (χ2v) is 6.11. The van der Waals surface area contributed by atoms with E-state index in [4.69, 9.17) is 0 Å². The summed E-state index contributed by atoms with van der Waals surface area (Å²) >= 11 is 0. The molecule has 0 unspecified atom stereocenters. The van der Waals surface area contributed by atoms with Gasteiger partial charge in [-0.15, -0.1) is 0 Å². The summed E-state index contributed by atoms with van der Waals surface area (Å²) in [6.07, 6.45) is 0. The van der Waals surface area contributed by atoms with Crippen LogP contribution in [0.25, 0.3) is 0 Å². The lowest BCUT2D eigenvalue weighted by Crippen LogP contribution is -2.41. The number of carbonyl (C=O) groups is 3. The highest BCUT2D eigenvalue weighted by Gasteiger charge is 2.17. The zero-order valence-electron chi connectivity index (χ0n) is 15.9. The van der Waals surface area contributed by atoms with Crippen LogP contribution >= 0.6 is 0 Å². The molecule has 2 rings (SSSR count). The van der Waals surface area contributed by atoms with Crippen LogP contribution < -0.4 is 10.6 Å². The summed E-state index contributed by atoms with van der Waals surface area (Å²) in [4.78, 5) is 38.4. The van der Waals surface area contributed by atoms with Crippen molar-refractivity contribution >= 4 is 23.4 Å². The molecule has 0 radical (unpaired) electrons. The molecule has 6 nitrogen and oxygen atoms in total. The van der Waals surface area contributed by atoms with E-state index in [2.05, 4.69) is 10.6 Å². The van der Waals surface area contributed by atoms with E-state index in [1.807, 2.05) is 19.9 Å². The minimum absolute atomic E-state index is 0.0404. The molecular weight excluding hydrogens is 342 g/mol. The Hall–Kier alpha value is -3.15. The maximum Gasteiger partial charge on any atom is 0.253 e. The summed E-state index contributed by atoms with van der Waals surface area (Å²) in [5.74, 6) is -0.679. The number of nitrogens with zero attached hydrogens (tertiary/aromatic N) is 1. The predicted molar refractivity (Wildman–Crippen MR) is 106 cm³/mol. The van der Waals surface area contributed by atoms with Crippen LogP contribution in [0.3, 0.4) is 0 Å². The minimum Gasteiger partial charge on any atom is -0.341 e. The molecule has 1 atom stereocenters. The number of carbonyl (C=O) groups excluding carboxylic acids is 3. The normalized spacial score (nSPS) is 11.4. The molecule has 0 bridgehead atoms. The van der Waals surface area contributed by atoms with Crippen molar-refractivity contribution in [1.29, 1.82) is 0 Å². The van der Waals surface area contributed by atoms with Crippen LogP contribution in [0, 0.1) is 0 Å². The van der Waals surface area contributed by atoms with Gasteiger partial charge in [0.25, 0.3) is 11.8 Å². The maximum atomic E-state index is 12.3. The second-order valence-electron chi connectivity index (χ2n) is 6.11. The van der Waals surface area contributed by atoms with Crippen LogP contribution in [0.2, 0.25) is 0 Å². The molecule has 0 aromatic heterocycles. The molecule has 0 fully saturated rings. The lowest BCUT2D eigenvalue weighted by molar-refractivity contribution is -0.117. The second kappa shape index (κ2) is 9.52. The van der Waals surface area contributed by atoms with Gasteiger partial charge in [-0.3, -0.25) is 14.4 Å². The SMILES string of the molecule is CCN(CC)C(=O)c1ccc(NC(=O)[C@H](C)NC(=O)c2ccccc2)cc1. The summed E-state index contributed by atoms with van der Waals surface area (Å²) in [7, 11) is 0. The topological polar surface area (TPSA) is 78.5 Å². The highest BCUT2D eigenvalue weighted by atomic mass is 16.2. The Morgan fingerprint density at radius 2 is 1.48 bits per heavy atom. The zero-order valence-corrected chi connectivity index (χ0v) is 15.9. The van der Waals surface area contributed by atoms with Crippen LogP contribution in [-0.4, -0.2) is 41.8 Å².